The lowest BCUT2D eigenvalue weighted by Crippen LogP contribution is -2.32. The van der Waals surface area contributed by atoms with Gasteiger partial charge in [-0.05, 0) is 48.4 Å². The molecule has 2 nitrogen and oxygen atoms in total. The van der Waals surface area contributed by atoms with Gasteiger partial charge in [0, 0.05) is 31.4 Å². The normalized spacial score (nSPS) is 19.1. The fourth-order valence-electron chi connectivity index (χ4n) is 5.14. The number of nitrogens with one attached hydrogen (secondary N) is 1. The fourth-order valence-corrected chi connectivity index (χ4v) is 5.14. The van der Waals surface area contributed by atoms with E-state index in [0.717, 1.165) is 32.0 Å². The molecule has 0 saturated heterocycles. The van der Waals surface area contributed by atoms with Gasteiger partial charge in [-0.1, -0.05) is 81.0 Å². The number of para-hydroxylation sites is 1. The van der Waals surface area contributed by atoms with Crippen LogP contribution in [0.3, 0.4) is 0 Å². The first-order valence-corrected chi connectivity index (χ1v) is 11.4. The summed E-state index contributed by atoms with van der Waals surface area (Å²) in [5.41, 5.74) is 5.85. The Bertz CT molecular complexity index is 746. The quantitative estimate of drug-likeness (QED) is 0.614. The zero-order chi connectivity index (χ0) is 19.2. The minimum Gasteiger partial charge on any atom is -0.367 e. The van der Waals surface area contributed by atoms with Crippen molar-refractivity contribution in [3.63, 3.8) is 0 Å². The Hall–Kier alpha value is -1.80. The lowest BCUT2D eigenvalue weighted by atomic mass is 9.93. The molecule has 1 atom stereocenters. The topological polar surface area (TPSA) is 15.3 Å². The molecule has 1 aliphatic carbocycles. The van der Waals surface area contributed by atoms with Gasteiger partial charge in [-0.15, -0.1) is 0 Å². The van der Waals surface area contributed by atoms with Gasteiger partial charge in [0.25, 0.3) is 0 Å². The predicted octanol–water partition coefficient (Wildman–Crippen LogP) is 6.09. The van der Waals surface area contributed by atoms with Crippen molar-refractivity contribution in [2.24, 2.45) is 5.92 Å². The summed E-state index contributed by atoms with van der Waals surface area (Å²) in [6.07, 6.45) is 11.1. The smallest absolute Gasteiger partial charge is 0.0432 e. The molecule has 0 amide bonds. The summed E-state index contributed by atoms with van der Waals surface area (Å²) in [4.78, 5) is 2.56. The number of fused-ring (bicyclic) bond motifs is 1. The number of benzene rings is 2. The van der Waals surface area contributed by atoms with Crippen molar-refractivity contribution < 1.29 is 0 Å². The first-order valence-electron chi connectivity index (χ1n) is 11.4. The monoisotopic (exact) mass is 376 g/mol. The molecular formula is C26H36N2. The highest BCUT2D eigenvalue weighted by molar-refractivity contribution is 5.55. The van der Waals surface area contributed by atoms with E-state index in [9.17, 15) is 0 Å². The van der Waals surface area contributed by atoms with Gasteiger partial charge >= 0.3 is 0 Å². The van der Waals surface area contributed by atoms with Gasteiger partial charge in [-0.3, -0.25) is 0 Å². The molecular weight excluding hydrogens is 340 g/mol. The third-order valence-corrected chi connectivity index (χ3v) is 6.77. The van der Waals surface area contributed by atoms with Crippen LogP contribution in [-0.2, 0) is 19.5 Å². The molecule has 150 valence electrons. The Morgan fingerprint density at radius 1 is 0.929 bits per heavy atom. The van der Waals surface area contributed by atoms with Gasteiger partial charge in [0.15, 0.2) is 0 Å². The maximum Gasteiger partial charge on any atom is 0.0432 e. The van der Waals surface area contributed by atoms with Crippen LogP contribution in [0.2, 0.25) is 0 Å². The minimum atomic E-state index is 0.596. The summed E-state index contributed by atoms with van der Waals surface area (Å²) in [6.45, 7) is 5.50. The molecule has 1 fully saturated rings. The lowest BCUT2D eigenvalue weighted by molar-refractivity contribution is 0.363. The summed E-state index contributed by atoms with van der Waals surface area (Å²) in [5.74, 6) is 0.929. The molecule has 2 heteroatoms. The van der Waals surface area contributed by atoms with Crippen molar-refractivity contribution in [3.05, 3.63) is 65.2 Å². The second-order valence-electron chi connectivity index (χ2n) is 8.94. The van der Waals surface area contributed by atoms with Gasteiger partial charge < -0.3 is 10.2 Å². The zero-order valence-electron chi connectivity index (χ0n) is 17.5. The van der Waals surface area contributed by atoms with Gasteiger partial charge in [-0.25, -0.2) is 0 Å². The Morgan fingerprint density at radius 2 is 1.64 bits per heavy atom. The number of rotatable bonds is 6. The Balaban J connectivity index is 1.37. The molecule has 4 rings (SSSR count). The van der Waals surface area contributed by atoms with Crippen LogP contribution in [-0.4, -0.2) is 12.6 Å². The van der Waals surface area contributed by atoms with Crippen LogP contribution in [0.1, 0.15) is 68.6 Å². The standard InChI is InChI=1S/C26H36N2/c1-21(18-22-10-4-2-3-5-11-22)27-19-24-13-8-9-15-26(24)28-17-16-23-12-6-7-14-25(23)20-28/h6-9,12-15,21-22,27H,2-5,10-11,16-20H2,1H3/t21-/m0/s1. The third kappa shape index (κ3) is 4.97. The van der Waals surface area contributed by atoms with Crippen LogP contribution >= 0.6 is 0 Å². The lowest BCUT2D eigenvalue weighted by Gasteiger charge is -2.32. The molecule has 0 unspecified atom stereocenters. The van der Waals surface area contributed by atoms with Crippen molar-refractivity contribution in [1.29, 1.82) is 0 Å². The predicted molar refractivity (Wildman–Crippen MR) is 120 cm³/mol. The van der Waals surface area contributed by atoms with Crippen LogP contribution in [0.5, 0.6) is 0 Å². The van der Waals surface area contributed by atoms with Crippen molar-refractivity contribution in [2.75, 3.05) is 11.4 Å². The Kier molecular flexibility index (Phi) is 6.69. The first-order chi connectivity index (χ1) is 13.8. The van der Waals surface area contributed by atoms with Gasteiger partial charge in [0.2, 0.25) is 0 Å². The van der Waals surface area contributed by atoms with E-state index in [0.29, 0.717) is 6.04 Å². The maximum absolute atomic E-state index is 3.84. The third-order valence-electron chi connectivity index (χ3n) is 6.77. The fraction of sp³-hybridized carbons (Fsp3) is 0.538. The molecule has 2 aromatic rings. The molecule has 1 aliphatic heterocycles. The van der Waals surface area contributed by atoms with Crippen LogP contribution in [0.15, 0.2) is 48.5 Å². The van der Waals surface area contributed by atoms with Crippen molar-refractivity contribution in [1.82, 2.24) is 5.32 Å². The molecule has 28 heavy (non-hydrogen) atoms. The molecule has 0 bridgehead atoms. The Morgan fingerprint density at radius 3 is 2.46 bits per heavy atom. The minimum absolute atomic E-state index is 0.596. The van der Waals surface area contributed by atoms with E-state index < -0.39 is 0 Å². The number of hydrogen-bond acceptors (Lipinski definition) is 2. The summed E-state index contributed by atoms with van der Waals surface area (Å²) < 4.78 is 0. The van der Waals surface area contributed by atoms with Gasteiger partial charge in [0.1, 0.15) is 0 Å². The highest BCUT2D eigenvalue weighted by Crippen LogP contribution is 2.29. The number of hydrogen-bond donors (Lipinski definition) is 1. The largest absolute Gasteiger partial charge is 0.367 e. The molecule has 1 saturated carbocycles. The molecule has 0 spiro atoms. The van der Waals surface area contributed by atoms with E-state index in [-0.39, 0.29) is 0 Å². The number of nitrogens with zero attached hydrogens (tertiary/aromatic N) is 1. The van der Waals surface area contributed by atoms with E-state index in [2.05, 4.69) is 65.7 Å². The molecule has 2 aliphatic rings. The number of anilines is 1. The average molecular weight is 377 g/mol. The van der Waals surface area contributed by atoms with Crippen molar-refractivity contribution in [3.8, 4) is 0 Å². The molecule has 1 N–H and O–H groups in total. The SMILES string of the molecule is C[C@@H](CC1CCCCCC1)NCc1ccccc1N1CCc2ccccc2C1. The highest BCUT2D eigenvalue weighted by atomic mass is 15.1. The zero-order valence-corrected chi connectivity index (χ0v) is 17.5. The molecule has 0 aromatic heterocycles. The Labute approximate surface area is 171 Å². The molecule has 2 aromatic carbocycles. The van der Waals surface area contributed by atoms with Crippen molar-refractivity contribution >= 4 is 5.69 Å². The highest BCUT2D eigenvalue weighted by Gasteiger charge is 2.19. The van der Waals surface area contributed by atoms with Crippen LogP contribution < -0.4 is 10.2 Å². The van der Waals surface area contributed by atoms with Crippen molar-refractivity contribution in [2.45, 2.75) is 77.4 Å². The maximum atomic E-state index is 3.84. The summed E-state index contributed by atoms with van der Waals surface area (Å²) in [6, 6.07) is 18.5. The van der Waals surface area contributed by atoms with E-state index in [1.54, 1.807) is 0 Å². The summed E-state index contributed by atoms with van der Waals surface area (Å²) in [7, 11) is 0. The van der Waals surface area contributed by atoms with Gasteiger partial charge in [-0.2, -0.15) is 0 Å². The second-order valence-corrected chi connectivity index (χ2v) is 8.94. The second kappa shape index (κ2) is 9.60. The van der Waals surface area contributed by atoms with Crippen LogP contribution in [0.25, 0.3) is 0 Å². The van der Waals surface area contributed by atoms with E-state index >= 15 is 0 Å². The molecule has 0 radical (unpaired) electrons. The average Bonchev–Trinajstić information content (AvgIpc) is 3.01. The summed E-state index contributed by atoms with van der Waals surface area (Å²) in [5, 5.41) is 3.84. The van der Waals surface area contributed by atoms with Crippen LogP contribution in [0.4, 0.5) is 5.69 Å². The van der Waals surface area contributed by atoms with Crippen LogP contribution in [0, 0.1) is 5.92 Å². The molecule has 1 heterocycles. The van der Waals surface area contributed by atoms with E-state index in [1.807, 2.05) is 0 Å². The van der Waals surface area contributed by atoms with E-state index in [1.165, 1.54) is 67.3 Å². The first kappa shape index (κ1) is 19.5. The summed E-state index contributed by atoms with van der Waals surface area (Å²) >= 11 is 0. The van der Waals surface area contributed by atoms with E-state index in [4.69, 9.17) is 0 Å². The van der Waals surface area contributed by atoms with Gasteiger partial charge in [0.05, 0.1) is 0 Å².